The highest BCUT2D eigenvalue weighted by molar-refractivity contribution is 14.1. The van der Waals surface area contributed by atoms with E-state index in [9.17, 15) is 10.1 Å². The third-order valence-electron chi connectivity index (χ3n) is 5.76. The van der Waals surface area contributed by atoms with Gasteiger partial charge in [-0.3, -0.25) is 10.1 Å². The lowest BCUT2D eigenvalue weighted by atomic mass is 9.58. The summed E-state index contributed by atoms with van der Waals surface area (Å²) < 4.78 is 11.2. The monoisotopic (exact) mass is 410 g/mol. The highest BCUT2D eigenvalue weighted by Gasteiger charge is 2.66. The fourth-order valence-electron chi connectivity index (χ4n) is 4.55. The van der Waals surface area contributed by atoms with Crippen molar-refractivity contribution in [1.82, 2.24) is 0 Å². The van der Waals surface area contributed by atoms with Gasteiger partial charge in [0.05, 0.1) is 5.92 Å². The Labute approximate surface area is 138 Å². The summed E-state index contributed by atoms with van der Waals surface area (Å²) >= 11 is 2.25. The number of alkyl halides is 1. The van der Waals surface area contributed by atoms with Crippen molar-refractivity contribution in [3.05, 3.63) is 0 Å². The zero-order valence-corrected chi connectivity index (χ0v) is 14.8. The van der Waals surface area contributed by atoms with E-state index in [0.717, 1.165) is 25.7 Å². The van der Waals surface area contributed by atoms with E-state index >= 15 is 0 Å². The Hall–Kier alpha value is 0.0800. The number of ether oxygens (including phenoxy) is 2. The SMILES string of the molecule is C[C@@H]1CC[C@H]2[C@@H](C)C(=O)O[C@@H]3O[C@](C)(I)CC[C@@H]1[C@]32OO. The second-order valence-electron chi connectivity index (χ2n) is 7.03. The zero-order valence-electron chi connectivity index (χ0n) is 12.7. The Morgan fingerprint density at radius 1 is 1.29 bits per heavy atom. The smallest absolute Gasteiger partial charge is 0.311 e. The Morgan fingerprint density at radius 3 is 2.67 bits per heavy atom. The molecule has 1 saturated carbocycles. The van der Waals surface area contributed by atoms with Crippen LogP contribution in [0.1, 0.15) is 46.5 Å². The van der Waals surface area contributed by atoms with Gasteiger partial charge in [-0.2, -0.15) is 0 Å². The first-order valence-corrected chi connectivity index (χ1v) is 8.79. The quantitative estimate of drug-likeness (QED) is 0.236. The molecule has 0 amide bonds. The Balaban J connectivity index is 2.09. The molecule has 0 aromatic rings. The molecule has 2 aliphatic heterocycles. The van der Waals surface area contributed by atoms with Gasteiger partial charge >= 0.3 is 5.97 Å². The molecule has 1 N–H and O–H groups in total. The number of carbonyl (C=O) groups is 1. The van der Waals surface area contributed by atoms with Crippen molar-refractivity contribution in [1.29, 1.82) is 0 Å². The van der Waals surface area contributed by atoms with E-state index in [1.54, 1.807) is 0 Å². The standard InChI is InChI=1S/C15H23IO5/c1-8-4-5-11-9(2)12(17)19-13-15(11,21-18)10(8)6-7-14(3,16)20-13/h8-11,13,18H,4-7H2,1-3H3/t8-,9-,10+,11+,13-,14+,15-/m1/s1. The molecule has 7 atom stereocenters. The largest absolute Gasteiger partial charge is 0.432 e. The maximum atomic E-state index is 12.2. The second kappa shape index (κ2) is 5.32. The van der Waals surface area contributed by atoms with Crippen LogP contribution in [0, 0.1) is 23.7 Å². The summed E-state index contributed by atoms with van der Waals surface area (Å²) in [4.78, 5) is 17.3. The van der Waals surface area contributed by atoms with E-state index in [1.807, 2.05) is 13.8 Å². The van der Waals surface area contributed by atoms with Gasteiger partial charge in [-0.15, -0.1) is 0 Å². The van der Waals surface area contributed by atoms with Crippen molar-refractivity contribution < 1.29 is 24.4 Å². The summed E-state index contributed by atoms with van der Waals surface area (Å²) in [7, 11) is 0. The molecular formula is C15H23IO5. The lowest BCUT2D eigenvalue weighted by molar-refractivity contribution is -0.425. The molecule has 0 bridgehead atoms. The highest BCUT2D eigenvalue weighted by atomic mass is 127. The van der Waals surface area contributed by atoms with Gasteiger partial charge in [-0.1, -0.05) is 13.8 Å². The van der Waals surface area contributed by atoms with E-state index in [1.165, 1.54) is 0 Å². The Kier molecular flexibility index (Phi) is 4.04. The molecule has 120 valence electrons. The van der Waals surface area contributed by atoms with Crippen LogP contribution in [0.15, 0.2) is 0 Å². The molecule has 21 heavy (non-hydrogen) atoms. The number of halogens is 1. The Morgan fingerprint density at radius 2 is 2.00 bits per heavy atom. The van der Waals surface area contributed by atoms with E-state index in [4.69, 9.17) is 14.4 Å². The van der Waals surface area contributed by atoms with Crippen molar-refractivity contribution in [3.8, 4) is 0 Å². The van der Waals surface area contributed by atoms with Crippen LogP contribution in [0.2, 0.25) is 0 Å². The highest BCUT2D eigenvalue weighted by Crippen LogP contribution is 2.57. The molecule has 3 aliphatic rings. The molecule has 0 radical (unpaired) electrons. The van der Waals surface area contributed by atoms with Crippen LogP contribution in [-0.2, 0) is 19.2 Å². The van der Waals surface area contributed by atoms with Crippen LogP contribution in [-0.4, -0.2) is 26.7 Å². The van der Waals surface area contributed by atoms with Gasteiger partial charge in [-0.25, -0.2) is 4.89 Å². The van der Waals surface area contributed by atoms with E-state index < -0.39 is 15.5 Å². The van der Waals surface area contributed by atoms with Crippen LogP contribution >= 0.6 is 22.6 Å². The minimum Gasteiger partial charge on any atom is -0.432 e. The molecule has 0 spiro atoms. The van der Waals surface area contributed by atoms with Crippen molar-refractivity contribution in [2.75, 3.05) is 0 Å². The summed E-state index contributed by atoms with van der Waals surface area (Å²) in [5, 5.41) is 9.83. The fourth-order valence-corrected chi connectivity index (χ4v) is 5.09. The third kappa shape index (κ3) is 2.33. The molecule has 2 heterocycles. The lowest BCUT2D eigenvalue weighted by Crippen LogP contribution is -2.66. The van der Waals surface area contributed by atoms with Crippen LogP contribution < -0.4 is 0 Å². The summed E-state index contributed by atoms with van der Waals surface area (Å²) in [5.74, 6) is -0.0295. The molecule has 1 aliphatic carbocycles. The van der Waals surface area contributed by atoms with Crippen molar-refractivity contribution >= 4 is 28.6 Å². The predicted octanol–water partition coefficient (Wildman–Crippen LogP) is 3.36. The maximum absolute atomic E-state index is 12.2. The summed E-state index contributed by atoms with van der Waals surface area (Å²) in [6.45, 7) is 6.04. The van der Waals surface area contributed by atoms with Crippen molar-refractivity contribution in [2.45, 2.75) is 62.0 Å². The van der Waals surface area contributed by atoms with Gasteiger partial charge in [-0.05, 0) is 61.1 Å². The Bertz CT molecular complexity index is 440. The van der Waals surface area contributed by atoms with Gasteiger partial charge in [0, 0.05) is 11.8 Å². The van der Waals surface area contributed by atoms with Crippen molar-refractivity contribution in [2.24, 2.45) is 23.7 Å². The summed E-state index contributed by atoms with van der Waals surface area (Å²) in [6, 6.07) is 0. The van der Waals surface area contributed by atoms with E-state index in [0.29, 0.717) is 5.92 Å². The van der Waals surface area contributed by atoms with E-state index in [-0.39, 0.29) is 23.7 Å². The minimum atomic E-state index is -0.923. The molecule has 5 nitrogen and oxygen atoms in total. The molecule has 3 fully saturated rings. The van der Waals surface area contributed by atoms with Gasteiger partial charge in [0.1, 0.15) is 3.61 Å². The van der Waals surface area contributed by atoms with Crippen LogP contribution in [0.4, 0.5) is 0 Å². The minimum absolute atomic E-state index is 0.0553. The van der Waals surface area contributed by atoms with Gasteiger partial charge in [0.2, 0.25) is 6.29 Å². The number of rotatable bonds is 1. The maximum Gasteiger partial charge on any atom is 0.311 e. The molecule has 0 unspecified atom stereocenters. The molecular weight excluding hydrogens is 387 g/mol. The third-order valence-corrected chi connectivity index (χ3v) is 6.55. The van der Waals surface area contributed by atoms with Gasteiger partial charge in [0.15, 0.2) is 5.60 Å². The predicted molar refractivity (Wildman–Crippen MR) is 83.6 cm³/mol. The zero-order chi connectivity index (χ0) is 15.4. The molecule has 6 heteroatoms. The number of hydrogen-bond acceptors (Lipinski definition) is 5. The second-order valence-corrected chi connectivity index (χ2v) is 9.31. The number of carbonyl (C=O) groups excluding carboxylic acids is 1. The first-order chi connectivity index (χ1) is 9.82. The average Bonchev–Trinajstić information content (AvgIpc) is 2.53. The average molecular weight is 410 g/mol. The molecule has 2 saturated heterocycles. The van der Waals surface area contributed by atoms with Gasteiger partial charge < -0.3 is 9.47 Å². The van der Waals surface area contributed by atoms with Crippen LogP contribution in [0.3, 0.4) is 0 Å². The van der Waals surface area contributed by atoms with Gasteiger partial charge in [0.25, 0.3) is 0 Å². The summed E-state index contributed by atoms with van der Waals surface area (Å²) in [5.41, 5.74) is -0.923. The summed E-state index contributed by atoms with van der Waals surface area (Å²) in [6.07, 6.45) is 2.82. The fraction of sp³-hybridized carbons (Fsp3) is 0.933. The first-order valence-electron chi connectivity index (χ1n) is 7.71. The van der Waals surface area contributed by atoms with Crippen LogP contribution in [0.25, 0.3) is 0 Å². The molecule has 0 aromatic carbocycles. The molecule has 0 aromatic heterocycles. The van der Waals surface area contributed by atoms with Crippen molar-refractivity contribution in [3.63, 3.8) is 0 Å². The number of esters is 1. The lowest BCUT2D eigenvalue weighted by Gasteiger charge is -2.55. The number of hydrogen-bond donors (Lipinski definition) is 1. The van der Waals surface area contributed by atoms with Crippen LogP contribution in [0.5, 0.6) is 0 Å². The van der Waals surface area contributed by atoms with E-state index in [2.05, 4.69) is 29.5 Å². The first kappa shape index (κ1) is 16.0. The molecule has 3 rings (SSSR count). The normalized spacial score (nSPS) is 53.6. The topological polar surface area (TPSA) is 65.0 Å².